The Morgan fingerprint density at radius 2 is 1.81 bits per heavy atom. The molecule has 16 heavy (non-hydrogen) atoms. The smallest absolute Gasteiger partial charge is 0.113 e. The largest absolute Gasteiger partial charge is 0.381 e. The molecule has 0 aliphatic rings. The van der Waals surface area contributed by atoms with Gasteiger partial charge in [-0.25, -0.2) is 0 Å². The van der Waals surface area contributed by atoms with E-state index >= 15 is 0 Å². The fourth-order valence-electron chi connectivity index (χ4n) is 1.64. The summed E-state index contributed by atoms with van der Waals surface area (Å²) in [5.41, 5.74) is 0.955. The Balaban J connectivity index is 2.42. The van der Waals surface area contributed by atoms with E-state index < -0.39 is 5.60 Å². The highest BCUT2D eigenvalue weighted by Gasteiger charge is 2.26. The van der Waals surface area contributed by atoms with Crippen molar-refractivity contribution in [1.29, 1.82) is 0 Å². The lowest BCUT2D eigenvalue weighted by Gasteiger charge is -2.23. The Labute approximate surface area is 108 Å². The molecule has 1 aromatic heterocycles. The van der Waals surface area contributed by atoms with Crippen LogP contribution in [-0.4, -0.2) is 5.11 Å². The van der Waals surface area contributed by atoms with E-state index in [1.165, 1.54) is 4.88 Å². The minimum atomic E-state index is -0.911. The maximum absolute atomic E-state index is 10.6. The third kappa shape index (κ3) is 2.21. The standard InChI is InChI=1S/C13H13BrOS/c1-9-7-11(8-16-9)13(2,15)10-3-5-12(14)6-4-10/h3-8,15H,1-2H3. The number of hydrogen-bond acceptors (Lipinski definition) is 2. The predicted molar refractivity (Wildman–Crippen MR) is 71.9 cm³/mol. The second-order valence-electron chi connectivity index (χ2n) is 4.03. The van der Waals surface area contributed by atoms with Gasteiger partial charge in [-0.3, -0.25) is 0 Å². The normalized spacial score (nSPS) is 14.8. The number of aryl methyl sites for hydroxylation is 1. The van der Waals surface area contributed by atoms with Gasteiger partial charge in [0.05, 0.1) is 0 Å². The molecule has 1 atom stereocenters. The maximum Gasteiger partial charge on any atom is 0.113 e. The summed E-state index contributed by atoms with van der Waals surface area (Å²) in [7, 11) is 0. The highest BCUT2D eigenvalue weighted by atomic mass is 79.9. The van der Waals surface area contributed by atoms with Gasteiger partial charge in [0.1, 0.15) is 5.60 Å². The third-order valence-electron chi connectivity index (χ3n) is 2.70. The molecule has 2 rings (SSSR count). The summed E-state index contributed by atoms with van der Waals surface area (Å²) in [5, 5.41) is 12.6. The van der Waals surface area contributed by atoms with Gasteiger partial charge in [-0.2, -0.15) is 0 Å². The zero-order chi connectivity index (χ0) is 11.8. The Kier molecular flexibility index (Phi) is 3.19. The summed E-state index contributed by atoms with van der Waals surface area (Å²) < 4.78 is 1.02. The van der Waals surface area contributed by atoms with E-state index in [-0.39, 0.29) is 0 Å². The van der Waals surface area contributed by atoms with Gasteiger partial charge in [0.2, 0.25) is 0 Å². The number of thiophene rings is 1. The van der Waals surface area contributed by atoms with Crippen molar-refractivity contribution in [3.8, 4) is 0 Å². The molecule has 0 saturated heterocycles. The van der Waals surface area contributed by atoms with Crippen LogP contribution in [0.15, 0.2) is 40.2 Å². The highest BCUT2D eigenvalue weighted by Crippen LogP contribution is 2.32. The molecule has 3 heteroatoms. The van der Waals surface area contributed by atoms with Gasteiger partial charge in [-0.1, -0.05) is 28.1 Å². The first-order chi connectivity index (χ1) is 7.50. The minimum absolute atomic E-state index is 0.911. The molecule has 0 aliphatic carbocycles. The fourth-order valence-corrected chi connectivity index (χ4v) is 2.71. The van der Waals surface area contributed by atoms with Crippen LogP contribution >= 0.6 is 27.3 Å². The van der Waals surface area contributed by atoms with Crippen molar-refractivity contribution in [3.63, 3.8) is 0 Å². The van der Waals surface area contributed by atoms with E-state index in [0.717, 1.165) is 15.6 Å². The van der Waals surface area contributed by atoms with Gasteiger partial charge in [-0.15, -0.1) is 11.3 Å². The van der Waals surface area contributed by atoms with Crippen LogP contribution < -0.4 is 0 Å². The minimum Gasteiger partial charge on any atom is -0.381 e. The molecule has 0 fully saturated rings. The van der Waals surface area contributed by atoms with Crippen LogP contribution in [0.5, 0.6) is 0 Å². The van der Waals surface area contributed by atoms with Crippen LogP contribution in [0.2, 0.25) is 0 Å². The monoisotopic (exact) mass is 296 g/mol. The third-order valence-corrected chi connectivity index (χ3v) is 4.09. The zero-order valence-corrected chi connectivity index (χ0v) is 11.6. The zero-order valence-electron chi connectivity index (χ0n) is 9.20. The molecule has 1 aromatic carbocycles. The molecule has 1 heterocycles. The fraction of sp³-hybridized carbons (Fsp3) is 0.231. The molecular weight excluding hydrogens is 284 g/mol. The molecule has 1 N–H and O–H groups in total. The molecule has 0 radical (unpaired) electrons. The number of benzene rings is 1. The van der Waals surface area contributed by atoms with Crippen LogP contribution in [-0.2, 0) is 5.60 Å². The first-order valence-corrected chi connectivity index (χ1v) is 6.71. The van der Waals surface area contributed by atoms with Gasteiger partial charge in [0.25, 0.3) is 0 Å². The topological polar surface area (TPSA) is 20.2 Å². The number of rotatable bonds is 2. The van der Waals surface area contributed by atoms with Gasteiger partial charge < -0.3 is 5.11 Å². The summed E-state index contributed by atoms with van der Waals surface area (Å²) in [6.07, 6.45) is 0. The van der Waals surface area contributed by atoms with Crippen LogP contribution in [0.3, 0.4) is 0 Å². The summed E-state index contributed by atoms with van der Waals surface area (Å²) in [6.45, 7) is 3.88. The van der Waals surface area contributed by atoms with E-state index in [0.29, 0.717) is 0 Å². The number of aliphatic hydroxyl groups is 1. The van der Waals surface area contributed by atoms with Crippen molar-refractivity contribution in [2.75, 3.05) is 0 Å². The van der Waals surface area contributed by atoms with Gasteiger partial charge in [0.15, 0.2) is 0 Å². The first kappa shape index (κ1) is 11.8. The van der Waals surface area contributed by atoms with E-state index in [4.69, 9.17) is 0 Å². The molecule has 84 valence electrons. The van der Waals surface area contributed by atoms with E-state index in [2.05, 4.69) is 15.9 Å². The number of hydrogen-bond donors (Lipinski definition) is 1. The molecule has 0 bridgehead atoms. The van der Waals surface area contributed by atoms with Crippen LogP contribution in [0.4, 0.5) is 0 Å². The lowest BCUT2D eigenvalue weighted by atomic mass is 9.90. The highest BCUT2D eigenvalue weighted by molar-refractivity contribution is 9.10. The first-order valence-electron chi connectivity index (χ1n) is 5.04. The maximum atomic E-state index is 10.6. The number of halogens is 1. The SMILES string of the molecule is Cc1cc(C(C)(O)c2ccc(Br)cc2)cs1. The van der Waals surface area contributed by atoms with Crippen LogP contribution in [0.1, 0.15) is 22.9 Å². The Morgan fingerprint density at radius 3 is 2.31 bits per heavy atom. The van der Waals surface area contributed by atoms with Crippen molar-refractivity contribution in [3.05, 3.63) is 56.2 Å². The van der Waals surface area contributed by atoms with Gasteiger partial charge in [0, 0.05) is 9.35 Å². The van der Waals surface area contributed by atoms with Crippen molar-refractivity contribution in [2.45, 2.75) is 19.4 Å². The molecular formula is C13H13BrOS. The Bertz CT molecular complexity index is 485. The van der Waals surface area contributed by atoms with Crippen LogP contribution in [0, 0.1) is 6.92 Å². The summed E-state index contributed by atoms with van der Waals surface area (Å²) in [6, 6.07) is 9.81. The second-order valence-corrected chi connectivity index (χ2v) is 6.06. The van der Waals surface area contributed by atoms with Gasteiger partial charge in [-0.05, 0) is 48.6 Å². The summed E-state index contributed by atoms with van der Waals surface area (Å²) in [5.74, 6) is 0. The second kappa shape index (κ2) is 4.32. The predicted octanol–water partition coefficient (Wildman–Crippen LogP) is 4.07. The molecule has 0 amide bonds. The van der Waals surface area contributed by atoms with E-state index in [1.54, 1.807) is 11.3 Å². The van der Waals surface area contributed by atoms with Crippen LogP contribution in [0.25, 0.3) is 0 Å². The average Bonchev–Trinajstić information content (AvgIpc) is 2.66. The van der Waals surface area contributed by atoms with E-state index in [1.807, 2.05) is 49.6 Å². The molecule has 0 spiro atoms. The van der Waals surface area contributed by atoms with E-state index in [9.17, 15) is 5.11 Å². The lowest BCUT2D eigenvalue weighted by Crippen LogP contribution is -2.21. The Hall–Kier alpha value is -0.640. The average molecular weight is 297 g/mol. The molecule has 0 aliphatic heterocycles. The molecule has 0 saturated carbocycles. The Morgan fingerprint density at radius 1 is 1.19 bits per heavy atom. The van der Waals surface area contributed by atoms with Crippen molar-refractivity contribution < 1.29 is 5.11 Å². The quantitative estimate of drug-likeness (QED) is 0.885. The summed E-state index contributed by atoms with van der Waals surface area (Å²) >= 11 is 5.05. The van der Waals surface area contributed by atoms with Crippen molar-refractivity contribution in [1.82, 2.24) is 0 Å². The van der Waals surface area contributed by atoms with Crippen molar-refractivity contribution >= 4 is 27.3 Å². The molecule has 1 nitrogen and oxygen atoms in total. The molecule has 1 unspecified atom stereocenters. The molecule has 2 aromatic rings. The van der Waals surface area contributed by atoms with Gasteiger partial charge >= 0.3 is 0 Å². The van der Waals surface area contributed by atoms with Crippen molar-refractivity contribution in [2.24, 2.45) is 0 Å². The lowest BCUT2D eigenvalue weighted by molar-refractivity contribution is 0.103. The summed E-state index contributed by atoms with van der Waals surface area (Å²) in [4.78, 5) is 1.22.